The van der Waals surface area contributed by atoms with E-state index in [2.05, 4.69) is 10.3 Å². The maximum Gasteiger partial charge on any atom is 0.264 e. The first-order valence-corrected chi connectivity index (χ1v) is 5.64. The quantitative estimate of drug-likeness (QED) is 0.822. The highest BCUT2D eigenvalue weighted by molar-refractivity contribution is 6.38. The largest absolute Gasteiger partial charge is 0.468 e. The van der Waals surface area contributed by atoms with Crippen molar-refractivity contribution >= 4 is 29.1 Å². The number of hydrogen-bond donors (Lipinski definition) is 0. The van der Waals surface area contributed by atoms with Crippen LogP contribution in [0.2, 0.25) is 10.3 Å². The van der Waals surface area contributed by atoms with Gasteiger partial charge in [0, 0.05) is 7.05 Å². The van der Waals surface area contributed by atoms with E-state index in [4.69, 9.17) is 32.8 Å². The summed E-state index contributed by atoms with van der Waals surface area (Å²) >= 11 is 12.0. The lowest BCUT2D eigenvalue weighted by molar-refractivity contribution is 0.00922. The Labute approximate surface area is 103 Å². The average Bonchev–Trinajstić information content (AvgIpc) is 2.53. The fraction of sp³-hybridized carbons (Fsp3) is 0.556. The molecule has 1 aliphatic heterocycles. The molecule has 16 heavy (non-hydrogen) atoms. The normalized spacial score (nSPS) is 20.0. The van der Waals surface area contributed by atoms with Crippen LogP contribution >= 0.6 is 23.2 Å². The van der Waals surface area contributed by atoms with Gasteiger partial charge in [0.1, 0.15) is 16.8 Å². The van der Waals surface area contributed by atoms with Crippen molar-refractivity contribution in [2.24, 2.45) is 12.2 Å². The first-order chi connectivity index (χ1) is 7.63. The molecule has 1 atom stereocenters. The third-order valence-corrected chi connectivity index (χ3v) is 2.99. The number of aryl methyl sites for hydroxylation is 1. The highest BCUT2D eigenvalue weighted by atomic mass is 35.5. The summed E-state index contributed by atoms with van der Waals surface area (Å²) in [5.41, 5.74) is 0.476. The van der Waals surface area contributed by atoms with Crippen molar-refractivity contribution in [2.75, 3.05) is 6.61 Å². The van der Waals surface area contributed by atoms with Crippen molar-refractivity contribution in [1.29, 1.82) is 0 Å². The fourth-order valence-corrected chi connectivity index (χ4v) is 1.89. The van der Waals surface area contributed by atoms with Crippen molar-refractivity contribution in [1.82, 2.24) is 9.78 Å². The van der Waals surface area contributed by atoms with E-state index >= 15 is 0 Å². The predicted molar refractivity (Wildman–Crippen MR) is 60.9 cm³/mol. The Kier molecular flexibility index (Phi) is 3.25. The van der Waals surface area contributed by atoms with Crippen LogP contribution in [0.3, 0.4) is 0 Å². The smallest absolute Gasteiger partial charge is 0.264 e. The van der Waals surface area contributed by atoms with Crippen molar-refractivity contribution < 1.29 is 9.57 Å². The Morgan fingerprint density at radius 3 is 2.81 bits per heavy atom. The second kappa shape index (κ2) is 4.51. The summed E-state index contributed by atoms with van der Waals surface area (Å²) in [5.74, 6) is 0.293. The Balaban J connectivity index is 2.33. The van der Waals surface area contributed by atoms with Crippen LogP contribution < -0.4 is 0 Å². The molecule has 2 rings (SSSR count). The van der Waals surface area contributed by atoms with Crippen LogP contribution in [0.25, 0.3) is 0 Å². The van der Waals surface area contributed by atoms with Crippen LogP contribution in [0.4, 0.5) is 0 Å². The summed E-state index contributed by atoms with van der Waals surface area (Å²) < 4.78 is 7.06. The molecule has 0 amide bonds. The number of rotatable bonds is 2. The summed E-state index contributed by atoms with van der Waals surface area (Å²) in [5, 5.41) is 8.41. The van der Waals surface area contributed by atoms with Gasteiger partial charge < -0.3 is 9.57 Å². The summed E-state index contributed by atoms with van der Waals surface area (Å²) in [4.78, 5) is 5.07. The highest BCUT2D eigenvalue weighted by Gasteiger charge is 2.26. The fourth-order valence-electron chi connectivity index (χ4n) is 1.35. The second-order valence-corrected chi connectivity index (χ2v) is 4.14. The van der Waals surface area contributed by atoms with Gasteiger partial charge in [-0.1, -0.05) is 30.1 Å². The van der Waals surface area contributed by atoms with Crippen LogP contribution in [0.5, 0.6) is 0 Å². The van der Waals surface area contributed by atoms with E-state index in [1.165, 1.54) is 4.68 Å². The molecule has 0 radical (unpaired) electrons. The number of aromatic nitrogens is 2. The maximum absolute atomic E-state index is 6.04. The van der Waals surface area contributed by atoms with Crippen LogP contribution in [0.1, 0.15) is 18.9 Å². The molecular formula is C9H11Cl2N3O2. The number of ether oxygens (including phenoxy) is 1. The molecule has 0 bridgehead atoms. The van der Waals surface area contributed by atoms with Gasteiger partial charge in [-0.05, 0) is 11.6 Å². The summed E-state index contributed by atoms with van der Waals surface area (Å²) in [7, 11) is 1.69. The van der Waals surface area contributed by atoms with Gasteiger partial charge in [-0.2, -0.15) is 5.10 Å². The molecule has 0 aliphatic carbocycles. The third-order valence-electron chi connectivity index (χ3n) is 2.29. The molecule has 2 heterocycles. The minimum atomic E-state index is -0.0279. The third kappa shape index (κ3) is 1.97. The van der Waals surface area contributed by atoms with Crippen LogP contribution in [0, 0.1) is 0 Å². The first kappa shape index (κ1) is 11.5. The number of nitrogens with zero attached hydrogens (tertiary/aromatic N) is 3. The van der Waals surface area contributed by atoms with Gasteiger partial charge in [-0.15, -0.1) is 0 Å². The zero-order valence-corrected chi connectivity index (χ0v) is 10.4. The van der Waals surface area contributed by atoms with Crippen molar-refractivity contribution in [3.05, 3.63) is 15.9 Å². The van der Waals surface area contributed by atoms with Gasteiger partial charge in [0.05, 0.1) is 0 Å². The number of hydrogen-bond acceptors (Lipinski definition) is 4. The minimum Gasteiger partial charge on any atom is -0.468 e. The SMILES string of the molecule is CCC1CON=C(c2c(Cl)nn(C)c2Cl)O1. The van der Waals surface area contributed by atoms with Crippen molar-refractivity contribution in [3.63, 3.8) is 0 Å². The van der Waals surface area contributed by atoms with Crippen LogP contribution in [-0.4, -0.2) is 28.4 Å². The molecule has 0 N–H and O–H groups in total. The van der Waals surface area contributed by atoms with Gasteiger partial charge in [-0.25, -0.2) is 0 Å². The van der Waals surface area contributed by atoms with E-state index in [0.717, 1.165) is 6.42 Å². The van der Waals surface area contributed by atoms with E-state index in [-0.39, 0.29) is 11.3 Å². The standard InChI is InChI=1S/C9H11Cl2N3O2/c1-3-5-4-15-13-9(16-5)6-7(10)12-14(2)8(6)11/h5H,3-4H2,1-2H3. The molecule has 1 aliphatic rings. The van der Waals surface area contributed by atoms with Gasteiger partial charge in [0.25, 0.3) is 5.90 Å². The van der Waals surface area contributed by atoms with E-state index in [1.807, 2.05) is 6.92 Å². The zero-order chi connectivity index (χ0) is 11.7. The molecule has 88 valence electrons. The Hall–Kier alpha value is -0.940. The van der Waals surface area contributed by atoms with Gasteiger partial charge in [0.2, 0.25) is 0 Å². The Morgan fingerprint density at radius 2 is 2.25 bits per heavy atom. The van der Waals surface area contributed by atoms with E-state index in [9.17, 15) is 0 Å². The molecule has 7 heteroatoms. The van der Waals surface area contributed by atoms with Gasteiger partial charge in [-0.3, -0.25) is 4.68 Å². The van der Waals surface area contributed by atoms with Crippen LogP contribution in [0.15, 0.2) is 5.16 Å². The van der Waals surface area contributed by atoms with E-state index in [1.54, 1.807) is 7.05 Å². The lowest BCUT2D eigenvalue weighted by Gasteiger charge is -2.21. The van der Waals surface area contributed by atoms with Crippen molar-refractivity contribution in [3.8, 4) is 0 Å². The summed E-state index contributed by atoms with van der Waals surface area (Å²) in [6.07, 6.45) is 0.800. The molecule has 0 fully saturated rings. The molecule has 0 saturated carbocycles. The summed E-state index contributed by atoms with van der Waals surface area (Å²) in [6, 6.07) is 0. The van der Waals surface area contributed by atoms with Crippen LogP contribution in [-0.2, 0) is 16.6 Å². The monoisotopic (exact) mass is 263 g/mol. The van der Waals surface area contributed by atoms with Gasteiger partial charge in [0.15, 0.2) is 11.8 Å². The summed E-state index contributed by atoms with van der Waals surface area (Å²) in [6.45, 7) is 2.44. The van der Waals surface area contributed by atoms with E-state index in [0.29, 0.717) is 23.2 Å². The Bertz CT molecular complexity index is 431. The van der Waals surface area contributed by atoms with Crippen molar-refractivity contribution in [2.45, 2.75) is 19.4 Å². The van der Waals surface area contributed by atoms with E-state index < -0.39 is 0 Å². The molecule has 0 spiro atoms. The number of halogens is 2. The molecule has 5 nitrogen and oxygen atoms in total. The minimum absolute atomic E-state index is 0.0279. The zero-order valence-electron chi connectivity index (χ0n) is 8.91. The first-order valence-electron chi connectivity index (χ1n) is 4.88. The van der Waals surface area contributed by atoms with Gasteiger partial charge >= 0.3 is 0 Å². The lowest BCUT2D eigenvalue weighted by Crippen LogP contribution is -2.27. The lowest BCUT2D eigenvalue weighted by atomic mass is 10.3. The Morgan fingerprint density at radius 1 is 1.50 bits per heavy atom. The molecular weight excluding hydrogens is 253 g/mol. The second-order valence-electron chi connectivity index (χ2n) is 3.42. The topological polar surface area (TPSA) is 48.6 Å². The average molecular weight is 264 g/mol. The number of oxime groups is 1. The highest BCUT2D eigenvalue weighted by Crippen LogP contribution is 2.26. The molecule has 0 saturated heterocycles. The molecule has 0 aromatic carbocycles. The predicted octanol–water partition coefficient (Wildman–Crippen LogP) is 2.21. The molecule has 1 aromatic heterocycles. The molecule has 1 aromatic rings. The molecule has 1 unspecified atom stereocenters. The maximum atomic E-state index is 6.04.